The minimum absolute atomic E-state index is 0.00860. The van der Waals surface area contributed by atoms with Crippen LogP contribution in [0.1, 0.15) is 15.9 Å². The first-order chi connectivity index (χ1) is 10.6. The first-order valence-electron chi connectivity index (χ1n) is 6.62. The molecule has 112 valence electrons. The van der Waals surface area contributed by atoms with Crippen LogP contribution in [0.5, 0.6) is 0 Å². The van der Waals surface area contributed by atoms with Crippen molar-refractivity contribution in [3.05, 3.63) is 47.7 Å². The number of aromatic carboxylic acids is 1. The van der Waals surface area contributed by atoms with Gasteiger partial charge in [-0.15, -0.1) is 0 Å². The summed E-state index contributed by atoms with van der Waals surface area (Å²) in [5, 5.41) is 27.3. The summed E-state index contributed by atoms with van der Waals surface area (Å²) in [5.41, 5.74) is 2.45. The molecule has 0 fully saturated rings. The molecular formula is C16H15N3O3. The maximum Gasteiger partial charge on any atom is 0.335 e. The number of hydrogen-bond donors (Lipinski definition) is 2. The van der Waals surface area contributed by atoms with Gasteiger partial charge in [0.25, 0.3) is 0 Å². The van der Waals surface area contributed by atoms with Crippen LogP contribution < -0.4 is 4.90 Å². The van der Waals surface area contributed by atoms with E-state index in [1.807, 2.05) is 0 Å². The maximum absolute atomic E-state index is 11.0. The Bertz CT molecular complexity index is 738. The van der Waals surface area contributed by atoms with Crippen molar-refractivity contribution in [2.75, 3.05) is 25.1 Å². The number of carboxylic acids is 1. The molecule has 22 heavy (non-hydrogen) atoms. The molecule has 0 unspecified atom stereocenters. The van der Waals surface area contributed by atoms with Crippen LogP contribution in [0.25, 0.3) is 11.3 Å². The summed E-state index contributed by atoms with van der Waals surface area (Å²) in [4.78, 5) is 16.9. The average Bonchev–Trinajstić information content (AvgIpc) is 2.54. The van der Waals surface area contributed by atoms with Crippen molar-refractivity contribution in [1.82, 2.24) is 4.98 Å². The van der Waals surface area contributed by atoms with E-state index in [-0.39, 0.29) is 12.2 Å². The predicted octanol–water partition coefficient (Wildman–Crippen LogP) is 1.75. The highest BCUT2D eigenvalue weighted by Crippen LogP contribution is 2.26. The molecule has 1 aromatic carbocycles. The molecule has 0 saturated carbocycles. The van der Waals surface area contributed by atoms with Gasteiger partial charge in [0, 0.05) is 25.4 Å². The Morgan fingerprint density at radius 1 is 1.36 bits per heavy atom. The lowest BCUT2D eigenvalue weighted by atomic mass is 10.0. The van der Waals surface area contributed by atoms with E-state index >= 15 is 0 Å². The fourth-order valence-electron chi connectivity index (χ4n) is 2.11. The number of aromatic nitrogens is 1. The van der Waals surface area contributed by atoms with E-state index < -0.39 is 5.97 Å². The van der Waals surface area contributed by atoms with Crippen molar-refractivity contribution in [3.63, 3.8) is 0 Å². The number of nitrogens with zero attached hydrogens (tertiary/aromatic N) is 3. The monoisotopic (exact) mass is 297 g/mol. The van der Waals surface area contributed by atoms with Gasteiger partial charge < -0.3 is 15.1 Å². The first-order valence-corrected chi connectivity index (χ1v) is 6.62. The van der Waals surface area contributed by atoms with Crippen molar-refractivity contribution >= 4 is 11.7 Å². The third-order valence-electron chi connectivity index (χ3n) is 3.27. The van der Waals surface area contributed by atoms with Crippen LogP contribution in [-0.4, -0.2) is 41.4 Å². The quantitative estimate of drug-likeness (QED) is 0.872. The van der Waals surface area contributed by atoms with Crippen molar-refractivity contribution in [3.8, 4) is 17.3 Å². The van der Waals surface area contributed by atoms with Gasteiger partial charge in [-0.05, 0) is 24.3 Å². The van der Waals surface area contributed by atoms with Gasteiger partial charge in [0.05, 0.1) is 29.1 Å². The zero-order valence-corrected chi connectivity index (χ0v) is 12.0. The summed E-state index contributed by atoms with van der Waals surface area (Å²) in [7, 11) is 1.79. The topological polar surface area (TPSA) is 97.4 Å². The van der Waals surface area contributed by atoms with Gasteiger partial charge in [0.15, 0.2) is 0 Å². The van der Waals surface area contributed by atoms with Crippen LogP contribution in [-0.2, 0) is 0 Å². The molecule has 2 N–H and O–H groups in total. The summed E-state index contributed by atoms with van der Waals surface area (Å²) >= 11 is 0. The lowest BCUT2D eigenvalue weighted by Gasteiger charge is -2.19. The molecule has 6 nitrogen and oxygen atoms in total. The van der Waals surface area contributed by atoms with Gasteiger partial charge in [-0.25, -0.2) is 4.79 Å². The molecule has 0 spiro atoms. The largest absolute Gasteiger partial charge is 0.478 e. The summed E-state index contributed by atoms with van der Waals surface area (Å²) in [5.74, 6) is -1.02. The molecule has 0 atom stereocenters. The van der Waals surface area contributed by atoms with Gasteiger partial charge in [-0.2, -0.15) is 5.26 Å². The third-order valence-corrected chi connectivity index (χ3v) is 3.27. The number of likely N-dealkylation sites (N-methyl/N-ethyl adjacent to an activating group) is 1. The number of nitriles is 1. The molecule has 0 amide bonds. The molecule has 1 heterocycles. The van der Waals surface area contributed by atoms with Crippen molar-refractivity contribution in [2.45, 2.75) is 0 Å². The number of aliphatic hydroxyl groups is 1. The highest BCUT2D eigenvalue weighted by Gasteiger charge is 2.11. The van der Waals surface area contributed by atoms with E-state index in [1.54, 1.807) is 30.1 Å². The predicted molar refractivity (Wildman–Crippen MR) is 81.7 cm³/mol. The van der Waals surface area contributed by atoms with Crippen LogP contribution >= 0.6 is 0 Å². The third kappa shape index (κ3) is 3.22. The van der Waals surface area contributed by atoms with E-state index in [4.69, 9.17) is 10.2 Å². The summed E-state index contributed by atoms with van der Waals surface area (Å²) in [6.07, 6.45) is 1.43. The Balaban J connectivity index is 2.44. The molecule has 0 bridgehead atoms. The second-order valence-corrected chi connectivity index (χ2v) is 4.72. The molecule has 1 aromatic heterocycles. The van der Waals surface area contributed by atoms with Gasteiger partial charge in [0.1, 0.15) is 6.07 Å². The second-order valence-electron chi connectivity index (χ2n) is 4.72. The summed E-state index contributed by atoms with van der Waals surface area (Å²) < 4.78 is 0. The highest BCUT2D eigenvalue weighted by atomic mass is 16.4. The zero-order chi connectivity index (χ0) is 16.1. The number of benzene rings is 1. The van der Waals surface area contributed by atoms with Gasteiger partial charge in [-0.1, -0.05) is 6.07 Å². The molecular weight excluding hydrogens is 282 g/mol. The van der Waals surface area contributed by atoms with E-state index in [2.05, 4.69) is 11.1 Å². The molecule has 0 aliphatic heterocycles. The zero-order valence-electron chi connectivity index (χ0n) is 12.0. The SMILES string of the molecule is CN(CCO)c1ccc(-c2cc(C(=O)O)ccn2)cc1C#N. The Kier molecular flexibility index (Phi) is 4.71. The first kappa shape index (κ1) is 15.5. The van der Waals surface area contributed by atoms with Crippen LogP contribution in [0.15, 0.2) is 36.5 Å². The van der Waals surface area contributed by atoms with E-state index in [9.17, 15) is 10.1 Å². The lowest BCUT2D eigenvalue weighted by Crippen LogP contribution is -2.22. The van der Waals surface area contributed by atoms with Crippen LogP contribution in [0.2, 0.25) is 0 Å². The molecule has 0 saturated heterocycles. The number of carboxylic acid groups (broad SMARTS) is 1. The number of carbonyl (C=O) groups is 1. The minimum atomic E-state index is -1.02. The van der Waals surface area contributed by atoms with E-state index in [0.717, 1.165) is 0 Å². The minimum Gasteiger partial charge on any atom is -0.478 e. The smallest absolute Gasteiger partial charge is 0.335 e. The van der Waals surface area contributed by atoms with Gasteiger partial charge >= 0.3 is 5.97 Å². The normalized spacial score (nSPS) is 10.0. The number of anilines is 1. The molecule has 0 aliphatic rings. The average molecular weight is 297 g/mol. The molecule has 6 heteroatoms. The molecule has 0 radical (unpaired) electrons. The number of rotatable bonds is 5. The highest BCUT2D eigenvalue weighted by molar-refractivity contribution is 5.89. The van der Waals surface area contributed by atoms with E-state index in [0.29, 0.717) is 29.1 Å². The Hall–Kier alpha value is -2.91. The van der Waals surface area contributed by atoms with E-state index in [1.165, 1.54) is 18.3 Å². The van der Waals surface area contributed by atoms with Crippen LogP contribution in [0, 0.1) is 11.3 Å². The number of aliphatic hydroxyl groups excluding tert-OH is 1. The molecule has 2 aromatic rings. The Labute approximate surface area is 127 Å². The molecule has 2 rings (SSSR count). The van der Waals surface area contributed by atoms with Gasteiger partial charge in [-0.3, -0.25) is 4.98 Å². The Morgan fingerprint density at radius 2 is 2.14 bits per heavy atom. The Morgan fingerprint density at radius 3 is 2.77 bits per heavy atom. The second kappa shape index (κ2) is 6.70. The fourth-order valence-corrected chi connectivity index (χ4v) is 2.11. The van der Waals surface area contributed by atoms with Crippen molar-refractivity contribution < 1.29 is 15.0 Å². The summed E-state index contributed by atoms with van der Waals surface area (Å²) in [6, 6.07) is 10.2. The van der Waals surface area contributed by atoms with Crippen molar-refractivity contribution in [1.29, 1.82) is 5.26 Å². The lowest BCUT2D eigenvalue weighted by molar-refractivity contribution is 0.0697. The fraction of sp³-hybridized carbons (Fsp3) is 0.188. The van der Waals surface area contributed by atoms with Crippen LogP contribution in [0.3, 0.4) is 0 Å². The number of hydrogen-bond acceptors (Lipinski definition) is 5. The standard InChI is InChI=1S/C16H15N3O3/c1-19(6-7-20)15-3-2-11(8-13(15)10-17)14-9-12(16(21)22)4-5-18-14/h2-5,8-9,20H,6-7H2,1H3,(H,21,22). The molecule has 0 aliphatic carbocycles. The maximum atomic E-state index is 11.0. The summed E-state index contributed by atoms with van der Waals surface area (Å²) in [6.45, 7) is 0.409. The van der Waals surface area contributed by atoms with Gasteiger partial charge in [0.2, 0.25) is 0 Å². The van der Waals surface area contributed by atoms with Crippen molar-refractivity contribution in [2.24, 2.45) is 0 Å². The number of pyridine rings is 1. The van der Waals surface area contributed by atoms with Crippen LogP contribution in [0.4, 0.5) is 5.69 Å².